The zero-order valence-corrected chi connectivity index (χ0v) is 11.4. The predicted octanol–water partition coefficient (Wildman–Crippen LogP) is 1.29. The van der Waals surface area contributed by atoms with Gasteiger partial charge in [-0.2, -0.15) is 0 Å². The van der Waals surface area contributed by atoms with Crippen LogP contribution in [-0.4, -0.2) is 31.8 Å². The van der Waals surface area contributed by atoms with Gasteiger partial charge < -0.3 is 4.98 Å². The molecule has 5 nitrogen and oxygen atoms in total. The molecule has 6 heteroatoms. The molecular formula is C13H14N2O3S. The maximum atomic E-state index is 11.9. The Balaban J connectivity index is 2.42. The molecule has 2 rings (SSSR count). The first-order valence-electron chi connectivity index (χ1n) is 5.63. The van der Waals surface area contributed by atoms with Crippen molar-refractivity contribution >= 4 is 10.0 Å². The molecule has 1 N–H and O–H groups in total. The van der Waals surface area contributed by atoms with E-state index in [4.69, 9.17) is 0 Å². The van der Waals surface area contributed by atoms with E-state index in [0.717, 1.165) is 15.4 Å². The molecule has 0 bridgehead atoms. The van der Waals surface area contributed by atoms with Crippen LogP contribution in [0.3, 0.4) is 0 Å². The number of benzene rings is 1. The molecule has 0 radical (unpaired) electrons. The van der Waals surface area contributed by atoms with E-state index in [1.165, 1.54) is 32.3 Å². The van der Waals surface area contributed by atoms with Gasteiger partial charge in [0.05, 0.1) is 4.90 Å². The Kier molecular flexibility index (Phi) is 3.55. The smallest absolute Gasteiger partial charge is 0.248 e. The zero-order chi connectivity index (χ0) is 14.0. The van der Waals surface area contributed by atoms with E-state index in [2.05, 4.69) is 4.98 Å². The Hall–Kier alpha value is -1.92. The van der Waals surface area contributed by atoms with Gasteiger partial charge in [0.1, 0.15) is 0 Å². The first-order chi connectivity index (χ1) is 8.91. The number of H-pyrrole nitrogens is 1. The molecule has 100 valence electrons. The van der Waals surface area contributed by atoms with E-state index in [-0.39, 0.29) is 10.5 Å². The molecule has 1 aromatic heterocycles. The molecule has 0 aliphatic heterocycles. The minimum absolute atomic E-state index is 0.192. The lowest BCUT2D eigenvalue weighted by Gasteiger charge is -2.11. The Morgan fingerprint density at radius 1 is 1.00 bits per heavy atom. The van der Waals surface area contributed by atoms with Crippen LogP contribution in [0.4, 0.5) is 0 Å². The van der Waals surface area contributed by atoms with Gasteiger partial charge in [-0.1, -0.05) is 12.1 Å². The third-order valence-corrected chi connectivity index (χ3v) is 4.57. The van der Waals surface area contributed by atoms with Crippen LogP contribution in [0, 0.1) is 0 Å². The van der Waals surface area contributed by atoms with Crippen molar-refractivity contribution in [2.45, 2.75) is 4.90 Å². The Morgan fingerprint density at radius 3 is 2.16 bits per heavy atom. The van der Waals surface area contributed by atoms with Crippen LogP contribution < -0.4 is 5.56 Å². The van der Waals surface area contributed by atoms with Crippen molar-refractivity contribution in [1.82, 2.24) is 9.29 Å². The highest BCUT2D eigenvalue weighted by Crippen LogP contribution is 2.20. The molecule has 0 saturated heterocycles. The van der Waals surface area contributed by atoms with Gasteiger partial charge in [-0.3, -0.25) is 4.79 Å². The molecule has 0 unspecified atom stereocenters. The van der Waals surface area contributed by atoms with E-state index in [9.17, 15) is 13.2 Å². The van der Waals surface area contributed by atoms with Gasteiger partial charge in [-0.25, -0.2) is 12.7 Å². The van der Waals surface area contributed by atoms with Crippen LogP contribution in [0.2, 0.25) is 0 Å². The van der Waals surface area contributed by atoms with Crippen LogP contribution in [0.5, 0.6) is 0 Å². The highest BCUT2D eigenvalue weighted by Gasteiger charge is 2.16. The molecule has 0 saturated carbocycles. The van der Waals surface area contributed by atoms with Gasteiger partial charge in [0.2, 0.25) is 15.6 Å². The summed E-state index contributed by atoms with van der Waals surface area (Å²) in [5.41, 5.74) is 1.35. The van der Waals surface area contributed by atoms with E-state index < -0.39 is 10.0 Å². The second kappa shape index (κ2) is 4.99. The van der Waals surface area contributed by atoms with Crippen LogP contribution in [-0.2, 0) is 10.0 Å². The molecule has 19 heavy (non-hydrogen) atoms. The highest BCUT2D eigenvalue weighted by atomic mass is 32.2. The van der Waals surface area contributed by atoms with E-state index in [1.54, 1.807) is 24.4 Å². The maximum absolute atomic E-state index is 11.9. The second-order valence-corrected chi connectivity index (χ2v) is 6.41. The first kappa shape index (κ1) is 13.5. The molecule has 0 aliphatic carbocycles. The Morgan fingerprint density at radius 2 is 1.63 bits per heavy atom. The minimum atomic E-state index is -3.42. The third kappa shape index (κ3) is 2.74. The summed E-state index contributed by atoms with van der Waals surface area (Å²) >= 11 is 0. The summed E-state index contributed by atoms with van der Waals surface area (Å²) in [6, 6.07) is 9.67. The number of nitrogens with one attached hydrogen (secondary N) is 1. The van der Waals surface area contributed by atoms with Gasteiger partial charge >= 0.3 is 0 Å². The number of hydrogen-bond donors (Lipinski definition) is 1. The normalized spacial score (nSPS) is 11.7. The fraction of sp³-hybridized carbons (Fsp3) is 0.154. The summed E-state index contributed by atoms with van der Waals surface area (Å²) in [7, 11) is -0.446. The number of aromatic amines is 1. The van der Waals surface area contributed by atoms with Crippen molar-refractivity contribution in [2.24, 2.45) is 0 Å². The minimum Gasteiger partial charge on any atom is -0.329 e. The van der Waals surface area contributed by atoms with Gasteiger partial charge in [0.15, 0.2) is 0 Å². The monoisotopic (exact) mass is 278 g/mol. The van der Waals surface area contributed by atoms with Gasteiger partial charge in [0.25, 0.3) is 0 Å². The van der Waals surface area contributed by atoms with E-state index >= 15 is 0 Å². The van der Waals surface area contributed by atoms with Gasteiger partial charge in [0, 0.05) is 26.4 Å². The average Bonchev–Trinajstić information content (AvgIpc) is 2.38. The molecule has 0 aliphatic rings. The lowest BCUT2D eigenvalue weighted by Crippen LogP contribution is -2.22. The standard InChI is InChI=1S/C13H14N2O3S/c1-15(2)19(17,18)12-5-3-10(4-6-12)11-7-8-14-13(16)9-11/h3-9H,1-2H3,(H,14,16). The van der Waals surface area contributed by atoms with E-state index in [0.29, 0.717) is 0 Å². The molecular weight excluding hydrogens is 264 g/mol. The van der Waals surface area contributed by atoms with Gasteiger partial charge in [-0.15, -0.1) is 0 Å². The average molecular weight is 278 g/mol. The molecule has 0 amide bonds. The van der Waals surface area contributed by atoms with E-state index in [1.807, 2.05) is 0 Å². The SMILES string of the molecule is CN(C)S(=O)(=O)c1ccc(-c2cc[nH]c(=O)c2)cc1. The summed E-state index contributed by atoms with van der Waals surface area (Å²) in [4.78, 5) is 14.0. The first-order valence-corrected chi connectivity index (χ1v) is 7.07. The highest BCUT2D eigenvalue weighted by molar-refractivity contribution is 7.89. The topological polar surface area (TPSA) is 70.2 Å². The molecule has 2 aromatic rings. The van der Waals surface area contributed by atoms with Crippen LogP contribution in [0.1, 0.15) is 0 Å². The number of pyridine rings is 1. The van der Waals surface area contributed by atoms with Crippen LogP contribution in [0.25, 0.3) is 11.1 Å². The quantitative estimate of drug-likeness (QED) is 0.919. The maximum Gasteiger partial charge on any atom is 0.248 e. The third-order valence-electron chi connectivity index (χ3n) is 2.74. The molecule has 0 spiro atoms. The van der Waals surface area contributed by atoms with Crippen molar-refractivity contribution in [3.63, 3.8) is 0 Å². The number of hydrogen-bond acceptors (Lipinski definition) is 3. The summed E-state index contributed by atoms with van der Waals surface area (Å²) in [5.74, 6) is 0. The predicted molar refractivity (Wildman–Crippen MR) is 73.4 cm³/mol. The summed E-state index contributed by atoms with van der Waals surface area (Å²) in [5, 5.41) is 0. The molecule has 1 aromatic carbocycles. The molecule has 0 fully saturated rings. The Bertz CT molecular complexity index is 731. The summed E-state index contributed by atoms with van der Waals surface area (Å²) in [6.45, 7) is 0. The fourth-order valence-electron chi connectivity index (χ4n) is 1.65. The number of aromatic nitrogens is 1. The zero-order valence-electron chi connectivity index (χ0n) is 10.6. The number of nitrogens with zero attached hydrogens (tertiary/aromatic N) is 1. The second-order valence-electron chi connectivity index (χ2n) is 4.25. The number of rotatable bonds is 3. The van der Waals surface area contributed by atoms with Crippen LogP contribution >= 0.6 is 0 Å². The lowest BCUT2D eigenvalue weighted by atomic mass is 10.1. The summed E-state index contributed by atoms with van der Waals surface area (Å²) in [6.07, 6.45) is 1.56. The van der Waals surface area contributed by atoms with Crippen molar-refractivity contribution in [1.29, 1.82) is 0 Å². The molecule has 0 atom stereocenters. The summed E-state index contributed by atoms with van der Waals surface area (Å²) < 4.78 is 25.0. The van der Waals surface area contributed by atoms with Crippen molar-refractivity contribution in [3.8, 4) is 11.1 Å². The van der Waals surface area contributed by atoms with Crippen molar-refractivity contribution in [3.05, 3.63) is 52.9 Å². The largest absolute Gasteiger partial charge is 0.329 e. The van der Waals surface area contributed by atoms with Gasteiger partial charge in [-0.05, 0) is 29.3 Å². The molecule has 1 heterocycles. The lowest BCUT2D eigenvalue weighted by molar-refractivity contribution is 0.521. The van der Waals surface area contributed by atoms with Crippen molar-refractivity contribution < 1.29 is 8.42 Å². The van der Waals surface area contributed by atoms with Crippen LogP contribution in [0.15, 0.2) is 52.3 Å². The van der Waals surface area contributed by atoms with Crippen molar-refractivity contribution in [2.75, 3.05) is 14.1 Å². The number of sulfonamides is 1. The fourth-order valence-corrected chi connectivity index (χ4v) is 2.56. The Labute approximate surface area is 111 Å².